The van der Waals surface area contributed by atoms with Crippen molar-refractivity contribution >= 4 is 23.2 Å². The van der Waals surface area contributed by atoms with Crippen LogP contribution in [-0.4, -0.2) is 22.4 Å². The van der Waals surface area contributed by atoms with Crippen LogP contribution in [0.1, 0.15) is 17.3 Å². The van der Waals surface area contributed by atoms with Gasteiger partial charge >= 0.3 is 0 Å². The maximum atomic E-state index is 12.7. The third-order valence-corrected chi connectivity index (χ3v) is 3.56. The van der Waals surface area contributed by atoms with Gasteiger partial charge in [-0.3, -0.25) is 4.79 Å². The zero-order valence-corrected chi connectivity index (χ0v) is 13.4. The minimum atomic E-state index is -0.116. The minimum Gasteiger partial charge on any atom is -0.324 e. The van der Waals surface area contributed by atoms with Crippen molar-refractivity contribution in [3.8, 4) is 0 Å². The molecule has 5 nitrogen and oxygen atoms in total. The number of hydrogen-bond acceptors (Lipinski definition) is 4. The second-order valence-electron chi connectivity index (χ2n) is 5.17. The Kier molecular flexibility index (Phi) is 4.81. The SMILES string of the molecule is CCN(C(=O)c1cnc(Nc2ccccc2)nc1)c1ccccc1. The number of amides is 1. The minimum absolute atomic E-state index is 0.116. The third-order valence-electron chi connectivity index (χ3n) is 3.56. The summed E-state index contributed by atoms with van der Waals surface area (Å²) in [7, 11) is 0. The quantitative estimate of drug-likeness (QED) is 0.775. The van der Waals surface area contributed by atoms with E-state index in [1.54, 1.807) is 17.3 Å². The fourth-order valence-electron chi connectivity index (χ4n) is 2.36. The lowest BCUT2D eigenvalue weighted by Crippen LogP contribution is -2.30. The first-order valence-electron chi connectivity index (χ1n) is 7.79. The zero-order valence-electron chi connectivity index (χ0n) is 13.4. The lowest BCUT2D eigenvalue weighted by Gasteiger charge is -2.20. The van der Waals surface area contributed by atoms with Crippen molar-refractivity contribution in [2.24, 2.45) is 0 Å². The summed E-state index contributed by atoms with van der Waals surface area (Å²) in [6, 6.07) is 19.2. The van der Waals surface area contributed by atoms with Crippen LogP contribution < -0.4 is 10.2 Å². The fourth-order valence-corrected chi connectivity index (χ4v) is 2.36. The summed E-state index contributed by atoms with van der Waals surface area (Å²) < 4.78 is 0. The Balaban J connectivity index is 1.76. The first-order chi connectivity index (χ1) is 11.8. The van der Waals surface area contributed by atoms with Gasteiger partial charge in [0.2, 0.25) is 5.95 Å². The predicted octanol–water partition coefficient (Wildman–Crippen LogP) is 3.89. The van der Waals surface area contributed by atoms with E-state index >= 15 is 0 Å². The molecule has 24 heavy (non-hydrogen) atoms. The number of para-hydroxylation sites is 2. The van der Waals surface area contributed by atoms with Gasteiger partial charge in [-0.1, -0.05) is 36.4 Å². The van der Waals surface area contributed by atoms with Gasteiger partial charge in [-0.05, 0) is 31.2 Å². The monoisotopic (exact) mass is 318 g/mol. The van der Waals surface area contributed by atoms with Crippen LogP contribution in [0, 0.1) is 0 Å². The molecule has 0 aliphatic carbocycles. The molecule has 3 rings (SSSR count). The fraction of sp³-hybridized carbons (Fsp3) is 0.105. The standard InChI is InChI=1S/C19H18N4O/c1-2-23(17-11-7-4-8-12-17)18(24)15-13-20-19(21-14-15)22-16-9-5-3-6-10-16/h3-14H,2H2,1H3,(H,20,21,22). The van der Waals surface area contributed by atoms with Gasteiger partial charge in [-0.15, -0.1) is 0 Å². The molecule has 0 aliphatic rings. The second-order valence-corrected chi connectivity index (χ2v) is 5.17. The van der Waals surface area contributed by atoms with Crippen LogP contribution in [0.15, 0.2) is 73.1 Å². The van der Waals surface area contributed by atoms with Gasteiger partial charge in [0.1, 0.15) is 0 Å². The molecule has 0 radical (unpaired) electrons. The Morgan fingerprint density at radius 1 is 0.958 bits per heavy atom. The van der Waals surface area contributed by atoms with Crippen molar-refractivity contribution in [3.63, 3.8) is 0 Å². The maximum absolute atomic E-state index is 12.7. The second kappa shape index (κ2) is 7.37. The van der Waals surface area contributed by atoms with Crippen molar-refractivity contribution in [1.29, 1.82) is 0 Å². The zero-order chi connectivity index (χ0) is 16.8. The Bertz CT molecular complexity index is 789. The Morgan fingerprint density at radius 3 is 2.12 bits per heavy atom. The molecule has 2 aromatic carbocycles. The van der Waals surface area contributed by atoms with Crippen LogP contribution in [0.2, 0.25) is 0 Å². The molecule has 5 heteroatoms. The van der Waals surface area contributed by atoms with E-state index in [1.165, 1.54) is 0 Å². The summed E-state index contributed by atoms with van der Waals surface area (Å²) in [4.78, 5) is 22.8. The molecular formula is C19H18N4O. The number of nitrogens with zero attached hydrogens (tertiary/aromatic N) is 3. The summed E-state index contributed by atoms with van der Waals surface area (Å²) >= 11 is 0. The van der Waals surface area contributed by atoms with Crippen LogP contribution in [0.25, 0.3) is 0 Å². The number of aromatic nitrogens is 2. The van der Waals surface area contributed by atoms with E-state index in [0.717, 1.165) is 11.4 Å². The highest BCUT2D eigenvalue weighted by Crippen LogP contribution is 2.17. The van der Waals surface area contributed by atoms with Crippen LogP contribution in [-0.2, 0) is 0 Å². The highest BCUT2D eigenvalue weighted by molar-refractivity contribution is 6.05. The van der Waals surface area contributed by atoms with E-state index in [2.05, 4.69) is 15.3 Å². The van der Waals surface area contributed by atoms with Crippen LogP contribution in [0.4, 0.5) is 17.3 Å². The topological polar surface area (TPSA) is 58.1 Å². The van der Waals surface area contributed by atoms with Gasteiger partial charge < -0.3 is 10.2 Å². The van der Waals surface area contributed by atoms with Gasteiger partial charge in [0.05, 0.1) is 5.56 Å². The van der Waals surface area contributed by atoms with E-state index in [-0.39, 0.29) is 5.91 Å². The molecule has 0 fully saturated rings. The Labute approximate surface area is 141 Å². The number of benzene rings is 2. The van der Waals surface area contributed by atoms with Gasteiger partial charge in [-0.25, -0.2) is 9.97 Å². The molecule has 1 amide bonds. The van der Waals surface area contributed by atoms with E-state index in [0.29, 0.717) is 18.1 Å². The number of nitrogens with one attached hydrogen (secondary N) is 1. The number of rotatable bonds is 5. The lowest BCUT2D eigenvalue weighted by molar-refractivity contribution is 0.0987. The summed E-state index contributed by atoms with van der Waals surface area (Å²) in [5.74, 6) is 0.343. The van der Waals surface area contributed by atoms with Crippen molar-refractivity contribution in [3.05, 3.63) is 78.6 Å². The van der Waals surface area contributed by atoms with E-state index in [4.69, 9.17) is 0 Å². The molecule has 0 atom stereocenters. The van der Waals surface area contributed by atoms with Crippen LogP contribution in [0.5, 0.6) is 0 Å². The average molecular weight is 318 g/mol. The third kappa shape index (κ3) is 3.57. The number of hydrogen-bond donors (Lipinski definition) is 1. The van der Waals surface area contributed by atoms with Gasteiger partial charge in [0, 0.05) is 30.3 Å². The molecular weight excluding hydrogens is 300 g/mol. The smallest absolute Gasteiger partial charge is 0.261 e. The number of carbonyl (C=O) groups excluding carboxylic acids is 1. The van der Waals surface area contributed by atoms with E-state index < -0.39 is 0 Å². The maximum Gasteiger partial charge on any atom is 0.261 e. The molecule has 0 saturated carbocycles. The largest absolute Gasteiger partial charge is 0.324 e. The summed E-state index contributed by atoms with van der Waals surface area (Å²) in [5.41, 5.74) is 2.21. The summed E-state index contributed by atoms with van der Waals surface area (Å²) in [5, 5.41) is 3.10. The summed E-state index contributed by atoms with van der Waals surface area (Å²) in [6.45, 7) is 2.52. The first-order valence-corrected chi connectivity index (χ1v) is 7.79. The molecule has 0 unspecified atom stereocenters. The molecule has 0 aliphatic heterocycles. The predicted molar refractivity (Wildman–Crippen MR) is 95.5 cm³/mol. The number of anilines is 3. The van der Waals surface area contributed by atoms with Crippen molar-refractivity contribution in [2.75, 3.05) is 16.8 Å². The van der Waals surface area contributed by atoms with Crippen molar-refractivity contribution < 1.29 is 4.79 Å². The van der Waals surface area contributed by atoms with Gasteiger partial charge in [0.15, 0.2) is 0 Å². The molecule has 3 aromatic rings. The van der Waals surface area contributed by atoms with Gasteiger partial charge in [-0.2, -0.15) is 0 Å². The molecule has 0 spiro atoms. The van der Waals surface area contributed by atoms with Gasteiger partial charge in [0.25, 0.3) is 5.91 Å². The average Bonchev–Trinajstić information content (AvgIpc) is 2.65. The Hall–Kier alpha value is -3.21. The van der Waals surface area contributed by atoms with Crippen LogP contribution >= 0.6 is 0 Å². The number of carbonyl (C=O) groups is 1. The molecule has 120 valence electrons. The lowest BCUT2D eigenvalue weighted by atomic mass is 10.2. The molecule has 0 saturated heterocycles. The van der Waals surface area contributed by atoms with Crippen molar-refractivity contribution in [2.45, 2.75) is 6.92 Å². The summed E-state index contributed by atoms with van der Waals surface area (Å²) in [6.07, 6.45) is 3.10. The molecule has 1 heterocycles. The van der Waals surface area contributed by atoms with E-state index in [1.807, 2.05) is 67.6 Å². The normalized spacial score (nSPS) is 10.2. The Morgan fingerprint density at radius 2 is 1.54 bits per heavy atom. The first kappa shape index (κ1) is 15.7. The molecule has 0 bridgehead atoms. The highest BCUT2D eigenvalue weighted by atomic mass is 16.2. The van der Waals surface area contributed by atoms with E-state index in [9.17, 15) is 4.79 Å². The molecule has 1 aromatic heterocycles. The van der Waals surface area contributed by atoms with Crippen molar-refractivity contribution in [1.82, 2.24) is 9.97 Å². The highest BCUT2D eigenvalue weighted by Gasteiger charge is 2.16. The molecule has 1 N–H and O–H groups in total. The van der Waals surface area contributed by atoms with Crippen LogP contribution in [0.3, 0.4) is 0 Å².